The highest BCUT2D eigenvalue weighted by Gasteiger charge is 2.18. The molecule has 0 fully saturated rings. The molecule has 5 nitrogen and oxygen atoms in total. The van der Waals surface area contributed by atoms with Gasteiger partial charge in [-0.2, -0.15) is 0 Å². The lowest BCUT2D eigenvalue weighted by molar-refractivity contribution is -0.131. The zero-order valence-electron chi connectivity index (χ0n) is 12.4. The number of nitrogens with zero attached hydrogens (tertiary/aromatic N) is 2. The van der Waals surface area contributed by atoms with Crippen LogP contribution in [0.2, 0.25) is 0 Å². The van der Waals surface area contributed by atoms with Crippen molar-refractivity contribution in [2.75, 3.05) is 33.7 Å². The van der Waals surface area contributed by atoms with Crippen LogP contribution in [-0.2, 0) is 4.79 Å². The van der Waals surface area contributed by atoms with E-state index in [1.165, 1.54) is 5.57 Å². The summed E-state index contributed by atoms with van der Waals surface area (Å²) in [5.41, 5.74) is 2.48. The molecule has 0 unspecified atom stereocenters. The maximum atomic E-state index is 12.0. The molecule has 0 saturated heterocycles. The smallest absolute Gasteiger partial charge is 0.335 e. The van der Waals surface area contributed by atoms with Gasteiger partial charge in [-0.25, -0.2) is 4.79 Å². The van der Waals surface area contributed by atoms with E-state index in [4.69, 9.17) is 5.11 Å². The third kappa shape index (κ3) is 3.92. The molecule has 5 heteroatoms. The van der Waals surface area contributed by atoms with Gasteiger partial charge >= 0.3 is 5.97 Å². The normalized spacial score (nSPS) is 15.0. The van der Waals surface area contributed by atoms with Crippen LogP contribution in [0.15, 0.2) is 30.3 Å². The first-order valence-corrected chi connectivity index (χ1v) is 6.92. The zero-order valence-corrected chi connectivity index (χ0v) is 12.4. The van der Waals surface area contributed by atoms with Crippen LogP contribution < -0.4 is 0 Å². The number of rotatable bonds is 4. The molecule has 0 atom stereocenters. The monoisotopic (exact) mass is 288 g/mol. The van der Waals surface area contributed by atoms with Gasteiger partial charge in [0.15, 0.2) is 0 Å². The quantitative estimate of drug-likeness (QED) is 0.913. The number of hydrogen-bond donors (Lipinski definition) is 1. The molecule has 1 aliphatic rings. The number of carboxylic acid groups (broad SMARTS) is 1. The largest absolute Gasteiger partial charge is 0.478 e. The number of carbonyl (C=O) groups is 2. The Labute approximate surface area is 124 Å². The number of benzene rings is 1. The van der Waals surface area contributed by atoms with Gasteiger partial charge in [-0.3, -0.25) is 4.79 Å². The van der Waals surface area contributed by atoms with Crippen LogP contribution >= 0.6 is 0 Å². The van der Waals surface area contributed by atoms with Gasteiger partial charge in [0.25, 0.3) is 0 Å². The molecular weight excluding hydrogens is 268 g/mol. The van der Waals surface area contributed by atoms with Gasteiger partial charge in [0.1, 0.15) is 0 Å². The van der Waals surface area contributed by atoms with Gasteiger partial charge in [-0.05, 0) is 43.8 Å². The van der Waals surface area contributed by atoms with Gasteiger partial charge in [0, 0.05) is 13.1 Å². The Morgan fingerprint density at radius 1 is 1.24 bits per heavy atom. The predicted octanol–water partition coefficient (Wildman–Crippen LogP) is 1.56. The van der Waals surface area contributed by atoms with E-state index < -0.39 is 5.97 Å². The minimum atomic E-state index is -0.917. The summed E-state index contributed by atoms with van der Waals surface area (Å²) in [7, 11) is 3.76. The predicted molar refractivity (Wildman–Crippen MR) is 81.1 cm³/mol. The minimum Gasteiger partial charge on any atom is -0.478 e. The second kappa shape index (κ2) is 6.54. The molecule has 0 aromatic heterocycles. The van der Waals surface area contributed by atoms with Crippen molar-refractivity contribution in [3.05, 3.63) is 41.5 Å². The first-order chi connectivity index (χ1) is 9.97. The summed E-state index contributed by atoms with van der Waals surface area (Å²) in [5, 5.41) is 8.89. The van der Waals surface area contributed by atoms with Gasteiger partial charge < -0.3 is 14.9 Å². The van der Waals surface area contributed by atoms with Crippen LogP contribution in [0.1, 0.15) is 22.3 Å². The van der Waals surface area contributed by atoms with Crippen LogP contribution in [-0.4, -0.2) is 60.5 Å². The Morgan fingerprint density at radius 3 is 2.38 bits per heavy atom. The highest BCUT2D eigenvalue weighted by Crippen LogP contribution is 2.22. The molecule has 112 valence electrons. The van der Waals surface area contributed by atoms with Crippen molar-refractivity contribution < 1.29 is 14.7 Å². The Hall–Kier alpha value is -2.14. The summed E-state index contributed by atoms with van der Waals surface area (Å²) in [6.07, 6.45) is 2.85. The van der Waals surface area contributed by atoms with Gasteiger partial charge in [0.2, 0.25) is 5.91 Å². The topological polar surface area (TPSA) is 60.9 Å². The summed E-state index contributed by atoms with van der Waals surface area (Å²) in [6.45, 7) is 1.75. The van der Waals surface area contributed by atoms with Crippen LogP contribution in [0.4, 0.5) is 0 Å². The zero-order chi connectivity index (χ0) is 15.4. The molecule has 0 spiro atoms. The van der Waals surface area contributed by atoms with Crippen LogP contribution in [0.5, 0.6) is 0 Å². The maximum absolute atomic E-state index is 12.0. The minimum absolute atomic E-state index is 0.136. The third-order valence-corrected chi connectivity index (χ3v) is 3.52. The Bertz CT molecular complexity index is 561. The van der Waals surface area contributed by atoms with E-state index in [1.807, 2.05) is 42.1 Å². The highest BCUT2D eigenvalue weighted by molar-refractivity contribution is 5.88. The Morgan fingerprint density at radius 2 is 1.90 bits per heavy atom. The number of aromatic carboxylic acids is 1. The standard InChI is InChI=1S/C16H20N2O3/c1-17(2)11-15(19)18-9-7-13(8-10-18)12-3-5-14(6-4-12)16(20)21/h3-7H,8-11H2,1-2H3,(H,20,21). The molecular formula is C16H20N2O3. The number of amides is 1. The second-order valence-electron chi connectivity index (χ2n) is 5.44. The second-order valence-corrected chi connectivity index (χ2v) is 5.44. The van der Waals surface area contributed by atoms with Crippen LogP contribution in [0, 0.1) is 0 Å². The molecule has 0 bridgehead atoms. The van der Waals surface area contributed by atoms with E-state index in [1.54, 1.807) is 12.1 Å². The number of carbonyl (C=O) groups excluding carboxylic acids is 1. The van der Waals surface area contributed by atoms with E-state index in [-0.39, 0.29) is 11.5 Å². The lowest BCUT2D eigenvalue weighted by atomic mass is 9.98. The first kappa shape index (κ1) is 15.3. The van der Waals surface area contributed by atoms with E-state index in [2.05, 4.69) is 0 Å². The van der Waals surface area contributed by atoms with E-state index in [9.17, 15) is 9.59 Å². The summed E-state index contributed by atoms with van der Waals surface area (Å²) < 4.78 is 0. The van der Waals surface area contributed by atoms with Gasteiger partial charge in [-0.1, -0.05) is 18.2 Å². The molecule has 2 rings (SSSR count). The summed E-state index contributed by atoms with van der Waals surface area (Å²) in [6, 6.07) is 6.88. The van der Waals surface area contributed by atoms with Crippen LogP contribution in [0.25, 0.3) is 5.57 Å². The fourth-order valence-electron chi connectivity index (χ4n) is 2.36. The van der Waals surface area contributed by atoms with E-state index in [0.717, 1.165) is 12.0 Å². The fraction of sp³-hybridized carbons (Fsp3) is 0.375. The SMILES string of the molecule is CN(C)CC(=O)N1CC=C(c2ccc(C(=O)O)cc2)CC1. The van der Waals surface area contributed by atoms with E-state index >= 15 is 0 Å². The van der Waals surface area contributed by atoms with Gasteiger partial charge in [0.05, 0.1) is 12.1 Å². The van der Waals surface area contributed by atoms with Crippen molar-refractivity contribution in [3.8, 4) is 0 Å². The molecule has 21 heavy (non-hydrogen) atoms. The number of carboxylic acids is 1. The lowest BCUT2D eigenvalue weighted by Gasteiger charge is -2.27. The molecule has 1 amide bonds. The third-order valence-electron chi connectivity index (χ3n) is 3.52. The maximum Gasteiger partial charge on any atom is 0.335 e. The summed E-state index contributed by atoms with van der Waals surface area (Å²) >= 11 is 0. The lowest BCUT2D eigenvalue weighted by Crippen LogP contribution is -2.40. The van der Waals surface area contributed by atoms with Crippen molar-refractivity contribution in [2.24, 2.45) is 0 Å². The first-order valence-electron chi connectivity index (χ1n) is 6.92. The molecule has 1 aromatic carbocycles. The summed E-state index contributed by atoms with van der Waals surface area (Å²) in [5.74, 6) is -0.781. The van der Waals surface area contributed by atoms with Gasteiger partial charge in [-0.15, -0.1) is 0 Å². The highest BCUT2D eigenvalue weighted by atomic mass is 16.4. The van der Waals surface area contributed by atoms with Crippen molar-refractivity contribution in [1.82, 2.24) is 9.80 Å². The van der Waals surface area contributed by atoms with Crippen molar-refractivity contribution >= 4 is 17.4 Å². The molecule has 0 aliphatic carbocycles. The molecule has 1 heterocycles. The molecule has 1 aromatic rings. The molecule has 1 N–H and O–H groups in total. The fourth-order valence-corrected chi connectivity index (χ4v) is 2.36. The molecule has 1 aliphatic heterocycles. The number of likely N-dealkylation sites (N-methyl/N-ethyl adjacent to an activating group) is 1. The van der Waals surface area contributed by atoms with Crippen LogP contribution in [0.3, 0.4) is 0 Å². The molecule has 0 saturated carbocycles. The number of hydrogen-bond acceptors (Lipinski definition) is 3. The average molecular weight is 288 g/mol. The van der Waals surface area contributed by atoms with Crippen molar-refractivity contribution in [2.45, 2.75) is 6.42 Å². The van der Waals surface area contributed by atoms with E-state index in [0.29, 0.717) is 19.6 Å². The summed E-state index contributed by atoms with van der Waals surface area (Å²) in [4.78, 5) is 26.5. The molecule has 0 radical (unpaired) electrons. The Balaban J connectivity index is 2.02. The average Bonchev–Trinajstić information content (AvgIpc) is 2.47. The van der Waals surface area contributed by atoms with Crippen molar-refractivity contribution in [1.29, 1.82) is 0 Å². The Kier molecular flexibility index (Phi) is 4.75. The van der Waals surface area contributed by atoms with Crippen molar-refractivity contribution in [3.63, 3.8) is 0 Å².